The molecule has 2 N–H and O–H groups in total. The molecule has 108 valence electrons. The standard InChI is InChI=1S/C14H16O6/c1-8(15)19-7-14(2,18)12-6-10-5-9(13(16)17)3-4-11(10)20-12/h3-5,12,18H,6-7H2,1-2H3,(H,16,17). The van der Waals surface area contributed by atoms with E-state index in [1.807, 2.05) is 0 Å². The number of carboxylic acids is 1. The molecule has 1 aliphatic rings. The van der Waals surface area contributed by atoms with Crippen molar-refractivity contribution in [3.05, 3.63) is 29.3 Å². The molecular formula is C14H16O6. The van der Waals surface area contributed by atoms with Crippen LogP contribution in [0.5, 0.6) is 5.75 Å². The lowest BCUT2D eigenvalue weighted by atomic mass is 9.95. The summed E-state index contributed by atoms with van der Waals surface area (Å²) in [6.45, 7) is 2.61. The summed E-state index contributed by atoms with van der Waals surface area (Å²) in [6.07, 6.45) is -0.217. The SMILES string of the molecule is CC(=O)OCC(C)(O)C1Cc2cc(C(=O)O)ccc2O1. The molecule has 0 bridgehead atoms. The Hall–Kier alpha value is -2.08. The number of carbonyl (C=O) groups excluding carboxylic acids is 1. The molecule has 6 heteroatoms. The van der Waals surface area contributed by atoms with Gasteiger partial charge >= 0.3 is 11.9 Å². The highest BCUT2D eigenvalue weighted by Crippen LogP contribution is 2.34. The van der Waals surface area contributed by atoms with E-state index in [0.717, 1.165) is 5.56 Å². The van der Waals surface area contributed by atoms with Crippen LogP contribution in [0.15, 0.2) is 18.2 Å². The number of hydrogen-bond donors (Lipinski definition) is 2. The van der Waals surface area contributed by atoms with Crippen LogP contribution >= 0.6 is 0 Å². The van der Waals surface area contributed by atoms with Crippen molar-refractivity contribution >= 4 is 11.9 Å². The van der Waals surface area contributed by atoms with Crippen molar-refractivity contribution in [3.8, 4) is 5.75 Å². The Labute approximate surface area is 115 Å². The molecule has 2 atom stereocenters. The van der Waals surface area contributed by atoms with Crippen molar-refractivity contribution in [3.63, 3.8) is 0 Å². The largest absolute Gasteiger partial charge is 0.487 e. The second-order valence-electron chi connectivity index (χ2n) is 5.08. The van der Waals surface area contributed by atoms with Crippen molar-refractivity contribution in [2.75, 3.05) is 6.61 Å². The van der Waals surface area contributed by atoms with E-state index in [-0.39, 0.29) is 12.2 Å². The fraction of sp³-hybridized carbons (Fsp3) is 0.429. The molecule has 0 spiro atoms. The van der Waals surface area contributed by atoms with E-state index in [0.29, 0.717) is 12.2 Å². The third kappa shape index (κ3) is 2.91. The Balaban J connectivity index is 2.12. The highest BCUT2D eigenvalue weighted by atomic mass is 16.6. The predicted octanol–water partition coefficient (Wildman–Crippen LogP) is 1.00. The van der Waals surface area contributed by atoms with Crippen LogP contribution in [-0.4, -0.2) is 40.5 Å². The van der Waals surface area contributed by atoms with E-state index in [9.17, 15) is 14.7 Å². The summed E-state index contributed by atoms with van der Waals surface area (Å²) in [6, 6.07) is 4.55. The maximum absolute atomic E-state index is 10.9. The number of hydrogen-bond acceptors (Lipinski definition) is 5. The van der Waals surface area contributed by atoms with Gasteiger partial charge in [-0.25, -0.2) is 4.79 Å². The molecule has 1 heterocycles. The van der Waals surface area contributed by atoms with Crippen molar-refractivity contribution in [2.24, 2.45) is 0 Å². The van der Waals surface area contributed by atoms with Gasteiger partial charge in [0.15, 0.2) is 0 Å². The van der Waals surface area contributed by atoms with Gasteiger partial charge in [-0.05, 0) is 30.7 Å². The summed E-state index contributed by atoms with van der Waals surface area (Å²) in [5.41, 5.74) is -0.445. The molecule has 2 rings (SSSR count). The molecule has 20 heavy (non-hydrogen) atoms. The van der Waals surface area contributed by atoms with Crippen LogP contribution in [-0.2, 0) is 16.0 Å². The lowest BCUT2D eigenvalue weighted by Crippen LogP contribution is -2.46. The number of aliphatic hydroxyl groups is 1. The molecule has 1 aromatic carbocycles. The van der Waals surface area contributed by atoms with E-state index < -0.39 is 23.6 Å². The number of fused-ring (bicyclic) bond motifs is 1. The zero-order valence-corrected chi connectivity index (χ0v) is 11.3. The Morgan fingerprint density at radius 2 is 2.20 bits per heavy atom. The molecule has 1 aromatic rings. The Kier molecular flexibility index (Phi) is 3.67. The first-order chi connectivity index (χ1) is 9.29. The third-order valence-corrected chi connectivity index (χ3v) is 3.24. The minimum absolute atomic E-state index is 0.174. The topological polar surface area (TPSA) is 93.1 Å². The number of esters is 1. The van der Waals surface area contributed by atoms with Crippen molar-refractivity contribution in [2.45, 2.75) is 32.0 Å². The second kappa shape index (κ2) is 5.13. The fourth-order valence-electron chi connectivity index (χ4n) is 2.07. The number of ether oxygens (including phenoxy) is 2. The van der Waals surface area contributed by atoms with Crippen LogP contribution in [0.2, 0.25) is 0 Å². The van der Waals surface area contributed by atoms with Gasteiger partial charge < -0.3 is 19.7 Å². The number of aromatic carboxylic acids is 1. The summed E-state index contributed by atoms with van der Waals surface area (Å²) in [7, 11) is 0. The molecule has 0 amide bonds. The van der Waals surface area contributed by atoms with Gasteiger partial charge in [0.25, 0.3) is 0 Å². The van der Waals surface area contributed by atoms with Crippen LogP contribution < -0.4 is 4.74 Å². The van der Waals surface area contributed by atoms with Gasteiger partial charge in [-0.1, -0.05) is 0 Å². The highest BCUT2D eigenvalue weighted by Gasteiger charge is 2.39. The summed E-state index contributed by atoms with van der Waals surface area (Å²) >= 11 is 0. The molecule has 0 aliphatic carbocycles. The minimum Gasteiger partial charge on any atom is -0.487 e. The first-order valence-electron chi connectivity index (χ1n) is 6.18. The van der Waals surface area contributed by atoms with E-state index in [1.54, 1.807) is 6.07 Å². The van der Waals surface area contributed by atoms with Gasteiger partial charge in [0.2, 0.25) is 0 Å². The van der Waals surface area contributed by atoms with Crippen molar-refractivity contribution in [1.29, 1.82) is 0 Å². The van der Waals surface area contributed by atoms with Gasteiger partial charge in [-0.15, -0.1) is 0 Å². The zero-order chi connectivity index (χ0) is 14.9. The Bertz CT molecular complexity index is 549. The molecule has 0 radical (unpaired) electrons. The monoisotopic (exact) mass is 280 g/mol. The van der Waals surface area contributed by atoms with E-state index in [2.05, 4.69) is 0 Å². The second-order valence-corrected chi connectivity index (χ2v) is 5.08. The van der Waals surface area contributed by atoms with Gasteiger partial charge in [0.1, 0.15) is 24.1 Å². The first kappa shape index (κ1) is 14.3. The number of carboxylic acid groups (broad SMARTS) is 1. The quantitative estimate of drug-likeness (QED) is 0.799. The molecule has 1 aliphatic heterocycles. The van der Waals surface area contributed by atoms with Gasteiger partial charge in [0, 0.05) is 13.3 Å². The summed E-state index contributed by atoms with van der Waals surface area (Å²) in [5.74, 6) is -0.944. The van der Waals surface area contributed by atoms with Gasteiger partial charge in [-0.3, -0.25) is 4.79 Å². The molecule has 0 fully saturated rings. The average Bonchev–Trinajstić information content (AvgIpc) is 2.80. The molecule has 0 saturated heterocycles. The van der Waals surface area contributed by atoms with Crippen LogP contribution in [0, 0.1) is 0 Å². The van der Waals surface area contributed by atoms with E-state index >= 15 is 0 Å². The highest BCUT2D eigenvalue weighted by molar-refractivity contribution is 5.88. The number of benzene rings is 1. The summed E-state index contributed by atoms with van der Waals surface area (Å²) in [4.78, 5) is 21.7. The van der Waals surface area contributed by atoms with Crippen molar-refractivity contribution in [1.82, 2.24) is 0 Å². The van der Waals surface area contributed by atoms with Gasteiger partial charge in [0.05, 0.1) is 5.56 Å². The fourth-order valence-corrected chi connectivity index (χ4v) is 2.07. The van der Waals surface area contributed by atoms with Crippen LogP contribution in [0.1, 0.15) is 29.8 Å². The summed E-state index contributed by atoms with van der Waals surface area (Å²) in [5, 5.41) is 19.2. The Morgan fingerprint density at radius 3 is 2.80 bits per heavy atom. The van der Waals surface area contributed by atoms with Crippen LogP contribution in [0.25, 0.3) is 0 Å². The molecule has 0 aromatic heterocycles. The maximum Gasteiger partial charge on any atom is 0.335 e. The van der Waals surface area contributed by atoms with Crippen LogP contribution in [0.4, 0.5) is 0 Å². The smallest absolute Gasteiger partial charge is 0.335 e. The molecule has 6 nitrogen and oxygen atoms in total. The zero-order valence-electron chi connectivity index (χ0n) is 11.3. The molecule has 0 saturated carbocycles. The first-order valence-corrected chi connectivity index (χ1v) is 6.18. The van der Waals surface area contributed by atoms with Crippen LogP contribution in [0.3, 0.4) is 0 Å². The lowest BCUT2D eigenvalue weighted by molar-refractivity contribution is -0.153. The van der Waals surface area contributed by atoms with E-state index in [4.69, 9.17) is 14.6 Å². The molecule has 2 unspecified atom stereocenters. The van der Waals surface area contributed by atoms with Crippen molar-refractivity contribution < 1.29 is 29.3 Å². The predicted molar refractivity (Wildman–Crippen MR) is 68.8 cm³/mol. The third-order valence-electron chi connectivity index (χ3n) is 3.24. The normalized spacial score (nSPS) is 19.6. The lowest BCUT2D eigenvalue weighted by Gasteiger charge is -2.28. The minimum atomic E-state index is -1.34. The summed E-state index contributed by atoms with van der Waals surface area (Å²) < 4.78 is 10.4. The average molecular weight is 280 g/mol. The molecular weight excluding hydrogens is 264 g/mol. The number of rotatable bonds is 4. The number of carbonyl (C=O) groups is 2. The van der Waals surface area contributed by atoms with E-state index in [1.165, 1.54) is 26.0 Å². The van der Waals surface area contributed by atoms with Gasteiger partial charge in [-0.2, -0.15) is 0 Å². The Morgan fingerprint density at radius 1 is 1.50 bits per heavy atom. The maximum atomic E-state index is 10.9.